The summed E-state index contributed by atoms with van der Waals surface area (Å²) < 4.78 is 41.1. The lowest BCUT2D eigenvalue weighted by Gasteiger charge is -2.39. The molecule has 236 valence electrons. The molecule has 3 heterocycles. The van der Waals surface area contributed by atoms with Crippen molar-refractivity contribution in [1.82, 2.24) is 9.78 Å². The van der Waals surface area contributed by atoms with E-state index in [-0.39, 0.29) is 28.4 Å². The SMILES string of the molecule is Cc1nn2c(c1-c1ccc(F)cc1F)NC(=O)/C(=N\c1ccc(OC3OC(CO)C(O)C(O)C3O)cc1)C2c1ccc(C#N)cc1. The van der Waals surface area contributed by atoms with Gasteiger partial charge >= 0.3 is 0 Å². The lowest BCUT2D eigenvalue weighted by molar-refractivity contribution is -0.277. The van der Waals surface area contributed by atoms with Gasteiger partial charge in [0.15, 0.2) is 0 Å². The summed E-state index contributed by atoms with van der Waals surface area (Å²) in [5, 5.41) is 56.4. The van der Waals surface area contributed by atoms with Crippen molar-refractivity contribution in [2.24, 2.45) is 4.99 Å². The second-order valence-corrected chi connectivity index (χ2v) is 10.8. The molecule has 1 amide bonds. The Labute approximate surface area is 260 Å². The fourth-order valence-corrected chi connectivity index (χ4v) is 5.47. The number of carbonyl (C=O) groups is 1. The first kappa shape index (κ1) is 31.0. The van der Waals surface area contributed by atoms with Crippen LogP contribution in [0, 0.1) is 29.9 Å². The summed E-state index contributed by atoms with van der Waals surface area (Å²) in [5.41, 5.74) is 1.99. The fraction of sp³-hybridized carbons (Fsp3) is 0.250. The van der Waals surface area contributed by atoms with Gasteiger partial charge in [-0.2, -0.15) is 10.4 Å². The number of amides is 1. The highest BCUT2D eigenvalue weighted by Gasteiger charge is 2.44. The second kappa shape index (κ2) is 12.4. The molecule has 12 nitrogen and oxygen atoms in total. The van der Waals surface area contributed by atoms with E-state index in [1.165, 1.54) is 35.0 Å². The van der Waals surface area contributed by atoms with Gasteiger partial charge in [0.1, 0.15) is 59.4 Å². The largest absolute Gasteiger partial charge is 0.462 e. The predicted octanol–water partition coefficient (Wildman–Crippen LogP) is 2.50. The molecule has 4 aromatic rings. The van der Waals surface area contributed by atoms with E-state index >= 15 is 0 Å². The number of aliphatic imine (C=N–C) groups is 1. The van der Waals surface area contributed by atoms with E-state index in [1.54, 1.807) is 31.2 Å². The summed E-state index contributed by atoms with van der Waals surface area (Å²) in [4.78, 5) is 18.3. The van der Waals surface area contributed by atoms with Crippen LogP contribution in [0.4, 0.5) is 20.3 Å². The van der Waals surface area contributed by atoms with Crippen LogP contribution in [0.3, 0.4) is 0 Å². The number of aliphatic hydroxyl groups is 4. The first-order valence-electron chi connectivity index (χ1n) is 14.1. The van der Waals surface area contributed by atoms with Crippen LogP contribution in [0.15, 0.2) is 71.7 Å². The Morgan fingerprint density at radius 1 is 1.04 bits per heavy atom. The molecule has 1 fully saturated rings. The van der Waals surface area contributed by atoms with Crippen molar-refractivity contribution in [3.63, 3.8) is 0 Å². The number of nitrogens with zero attached hydrogens (tertiary/aromatic N) is 4. The van der Waals surface area contributed by atoms with Crippen molar-refractivity contribution in [2.75, 3.05) is 11.9 Å². The smallest absolute Gasteiger partial charge is 0.273 e. The molecule has 0 bridgehead atoms. The summed E-state index contributed by atoms with van der Waals surface area (Å²) in [6, 6.07) is 16.8. The van der Waals surface area contributed by atoms with E-state index in [2.05, 4.69) is 15.4 Å². The molecule has 1 saturated heterocycles. The Bertz CT molecular complexity index is 1850. The third kappa shape index (κ3) is 5.62. The van der Waals surface area contributed by atoms with Crippen LogP contribution in [0.2, 0.25) is 0 Å². The van der Waals surface area contributed by atoms with E-state index in [4.69, 9.17) is 9.47 Å². The third-order valence-electron chi connectivity index (χ3n) is 7.80. The molecule has 6 unspecified atom stereocenters. The minimum Gasteiger partial charge on any atom is -0.462 e. The van der Waals surface area contributed by atoms with E-state index in [0.29, 0.717) is 22.5 Å². The van der Waals surface area contributed by atoms with Crippen molar-refractivity contribution < 1.29 is 43.5 Å². The Kier molecular flexibility index (Phi) is 8.34. The van der Waals surface area contributed by atoms with Gasteiger partial charge < -0.3 is 35.2 Å². The van der Waals surface area contributed by atoms with Crippen molar-refractivity contribution in [3.05, 3.63) is 95.2 Å². The lowest BCUT2D eigenvalue weighted by Crippen LogP contribution is -2.60. The number of fused-ring (bicyclic) bond motifs is 1. The number of aryl methyl sites for hydroxylation is 1. The Balaban J connectivity index is 1.36. The van der Waals surface area contributed by atoms with Gasteiger partial charge in [-0.25, -0.2) is 18.5 Å². The standard InChI is InChI=1S/C32H27F2N5O7/c1-15-24(21-11-6-18(33)12-22(21)34)30-37-31(44)25(26(39(30)38-15)17-4-2-16(13-35)3-5-17)36-19-7-9-20(10-8-19)45-32-29(43)28(42)27(41)23(14-40)46-32/h2-12,23,26-29,32,40-43H,14H2,1H3,(H,37,44)/b36-25-. The highest BCUT2D eigenvalue weighted by molar-refractivity contribution is 6.46. The zero-order valence-corrected chi connectivity index (χ0v) is 24.1. The van der Waals surface area contributed by atoms with Gasteiger partial charge in [-0.15, -0.1) is 0 Å². The second-order valence-electron chi connectivity index (χ2n) is 10.8. The van der Waals surface area contributed by atoms with Crippen LogP contribution in [0.25, 0.3) is 11.1 Å². The number of nitrogens with one attached hydrogen (secondary N) is 1. The normalized spacial score (nSPS) is 25.1. The molecular weight excluding hydrogens is 604 g/mol. The minimum atomic E-state index is -1.61. The summed E-state index contributed by atoms with van der Waals surface area (Å²) >= 11 is 0. The van der Waals surface area contributed by atoms with Crippen molar-refractivity contribution >= 4 is 23.1 Å². The molecule has 0 aliphatic carbocycles. The monoisotopic (exact) mass is 631 g/mol. The molecule has 46 heavy (non-hydrogen) atoms. The molecular formula is C32H27F2N5O7. The van der Waals surface area contributed by atoms with Crippen LogP contribution < -0.4 is 10.1 Å². The molecule has 0 radical (unpaired) electrons. The van der Waals surface area contributed by atoms with Crippen molar-refractivity contribution in [3.8, 4) is 22.9 Å². The number of nitriles is 1. The molecule has 1 aromatic heterocycles. The maximum Gasteiger partial charge on any atom is 0.273 e. The Morgan fingerprint density at radius 2 is 1.76 bits per heavy atom. The molecule has 6 rings (SSSR count). The number of carbonyl (C=O) groups excluding carboxylic acids is 1. The van der Waals surface area contributed by atoms with Gasteiger partial charge in [-0.1, -0.05) is 12.1 Å². The van der Waals surface area contributed by atoms with Crippen LogP contribution in [-0.4, -0.2) is 79.1 Å². The number of aromatic nitrogens is 2. The lowest BCUT2D eigenvalue weighted by atomic mass is 9.97. The first-order chi connectivity index (χ1) is 22.1. The van der Waals surface area contributed by atoms with E-state index in [0.717, 1.165) is 12.1 Å². The highest BCUT2D eigenvalue weighted by Crippen LogP contribution is 2.40. The summed E-state index contributed by atoms with van der Waals surface area (Å²) in [5.74, 6) is -1.80. The van der Waals surface area contributed by atoms with E-state index in [9.17, 15) is 39.3 Å². The molecule has 2 aliphatic heterocycles. The number of ether oxygens (including phenoxy) is 2. The number of hydrogen-bond donors (Lipinski definition) is 5. The quantitative estimate of drug-likeness (QED) is 0.214. The predicted molar refractivity (Wildman–Crippen MR) is 158 cm³/mol. The van der Waals surface area contributed by atoms with Crippen molar-refractivity contribution in [2.45, 2.75) is 43.7 Å². The molecule has 6 atom stereocenters. The molecule has 2 aliphatic rings. The molecule has 0 saturated carbocycles. The molecule has 14 heteroatoms. The van der Waals surface area contributed by atoms with Gasteiger partial charge in [-0.05, 0) is 61.0 Å². The number of aliphatic hydroxyl groups excluding tert-OH is 4. The maximum absolute atomic E-state index is 14.9. The van der Waals surface area contributed by atoms with Gasteiger partial charge in [-0.3, -0.25) is 4.79 Å². The maximum atomic E-state index is 14.9. The van der Waals surface area contributed by atoms with Gasteiger partial charge in [0, 0.05) is 11.6 Å². The van der Waals surface area contributed by atoms with E-state index in [1.807, 2.05) is 6.07 Å². The number of rotatable bonds is 6. The number of anilines is 1. The number of halogens is 2. The number of benzene rings is 3. The summed E-state index contributed by atoms with van der Waals surface area (Å²) in [6.45, 7) is 1.03. The van der Waals surface area contributed by atoms with Crippen molar-refractivity contribution in [1.29, 1.82) is 5.26 Å². The Hall–Kier alpha value is -5.04. The van der Waals surface area contributed by atoms with E-state index < -0.39 is 60.9 Å². The molecule has 0 spiro atoms. The van der Waals surface area contributed by atoms with Crippen LogP contribution in [0.1, 0.15) is 22.9 Å². The van der Waals surface area contributed by atoms with Crippen LogP contribution in [0.5, 0.6) is 5.75 Å². The van der Waals surface area contributed by atoms with Gasteiger partial charge in [0.05, 0.1) is 35.2 Å². The Morgan fingerprint density at radius 3 is 2.41 bits per heavy atom. The third-order valence-corrected chi connectivity index (χ3v) is 7.80. The molecule has 3 aromatic carbocycles. The zero-order valence-electron chi connectivity index (χ0n) is 24.1. The topological polar surface area (TPSA) is 182 Å². The average molecular weight is 632 g/mol. The average Bonchev–Trinajstić information content (AvgIpc) is 3.37. The van der Waals surface area contributed by atoms with Gasteiger partial charge in [0.2, 0.25) is 6.29 Å². The van der Waals surface area contributed by atoms with Crippen LogP contribution in [-0.2, 0) is 9.53 Å². The molecule has 5 N–H and O–H groups in total. The fourth-order valence-electron chi connectivity index (χ4n) is 5.47. The highest BCUT2D eigenvalue weighted by atomic mass is 19.1. The first-order valence-corrected chi connectivity index (χ1v) is 14.1. The number of hydrogen-bond acceptors (Lipinski definition) is 10. The van der Waals surface area contributed by atoms with Gasteiger partial charge in [0.25, 0.3) is 5.91 Å². The summed E-state index contributed by atoms with van der Waals surface area (Å²) in [6.07, 6.45) is -7.28. The minimum absolute atomic E-state index is 0.0217. The van der Waals surface area contributed by atoms with Crippen LogP contribution >= 0.6 is 0 Å². The summed E-state index contributed by atoms with van der Waals surface area (Å²) in [7, 11) is 0. The zero-order chi connectivity index (χ0) is 32.7.